The fourth-order valence-corrected chi connectivity index (χ4v) is 2.34. The Labute approximate surface area is 115 Å². The minimum atomic E-state index is -2.69. The van der Waals surface area contributed by atoms with Crippen LogP contribution in [0.25, 0.3) is 0 Å². The van der Waals surface area contributed by atoms with Crippen LogP contribution in [0.15, 0.2) is 6.20 Å². The molecule has 5 nitrogen and oxygen atoms in total. The summed E-state index contributed by atoms with van der Waals surface area (Å²) in [5.41, 5.74) is 0.963. The van der Waals surface area contributed by atoms with E-state index in [4.69, 9.17) is 9.84 Å². The SMILES string of the molecule is CCCc1c(N2CC(F)(F)C2)cnc(C(=O)O)c1OC. The number of carbonyl (C=O) groups is 1. The Morgan fingerprint density at radius 1 is 1.55 bits per heavy atom. The van der Waals surface area contributed by atoms with Gasteiger partial charge in [0.15, 0.2) is 11.4 Å². The van der Waals surface area contributed by atoms with E-state index in [0.717, 1.165) is 6.42 Å². The molecule has 0 spiro atoms. The van der Waals surface area contributed by atoms with Gasteiger partial charge in [-0.1, -0.05) is 13.3 Å². The van der Waals surface area contributed by atoms with E-state index < -0.39 is 11.9 Å². The Bertz CT molecular complexity index is 527. The quantitative estimate of drug-likeness (QED) is 0.899. The molecule has 2 heterocycles. The largest absolute Gasteiger partial charge is 0.494 e. The summed E-state index contributed by atoms with van der Waals surface area (Å²) in [6, 6.07) is 0. The van der Waals surface area contributed by atoms with Crippen LogP contribution in [0.1, 0.15) is 29.4 Å². The summed E-state index contributed by atoms with van der Waals surface area (Å²) in [4.78, 5) is 16.5. The van der Waals surface area contributed by atoms with E-state index in [1.165, 1.54) is 18.2 Å². The van der Waals surface area contributed by atoms with Crippen LogP contribution in [-0.4, -0.2) is 42.2 Å². The van der Waals surface area contributed by atoms with E-state index in [2.05, 4.69) is 4.98 Å². The predicted molar refractivity (Wildman–Crippen MR) is 68.9 cm³/mol. The maximum absolute atomic E-state index is 13.0. The molecule has 1 N–H and O–H groups in total. The van der Waals surface area contributed by atoms with Crippen LogP contribution in [0.5, 0.6) is 5.75 Å². The van der Waals surface area contributed by atoms with Crippen molar-refractivity contribution < 1.29 is 23.4 Å². The molecule has 0 aliphatic carbocycles. The first-order valence-electron chi connectivity index (χ1n) is 6.31. The fraction of sp³-hybridized carbons (Fsp3) is 0.538. The van der Waals surface area contributed by atoms with Gasteiger partial charge in [0, 0.05) is 5.56 Å². The summed E-state index contributed by atoms with van der Waals surface area (Å²) in [5.74, 6) is -3.73. The molecule has 1 saturated heterocycles. The van der Waals surface area contributed by atoms with Crippen molar-refractivity contribution in [2.24, 2.45) is 0 Å². The lowest BCUT2D eigenvalue weighted by molar-refractivity contribution is -0.0264. The Kier molecular flexibility index (Phi) is 3.78. The number of rotatable bonds is 5. The summed E-state index contributed by atoms with van der Waals surface area (Å²) in [6.07, 6.45) is 2.63. The Hall–Kier alpha value is -1.92. The summed E-state index contributed by atoms with van der Waals surface area (Å²) in [5, 5.41) is 9.10. The number of pyridine rings is 1. The van der Waals surface area contributed by atoms with Gasteiger partial charge in [0.05, 0.1) is 32.1 Å². The third-order valence-corrected chi connectivity index (χ3v) is 3.21. The molecule has 0 radical (unpaired) electrons. The number of nitrogens with zero attached hydrogens (tertiary/aromatic N) is 2. The smallest absolute Gasteiger partial charge is 0.358 e. The molecular weight excluding hydrogens is 270 g/mol. The number of carboxylic acid groups (broad SMARTS) is 1. The second-order valence-corrected chi connectivity index (χ2v) is 4.77. The molecule has 1 fully saturated rings. The molecule has 110 valence electrons. The van der Waals surface area contributed by atoms with E-state index in [-0.39, 0.29) is 24.5 Å². The van der Waals surface area contributed by atoms with E-state index in [9.17, 15) is 13.6 Å². The van der Waals surface area contributed by atoms with E-state index in [1.54, 1.807) is 0 Å². The number of ether oxygens (including phenoxy) is 1. The zero-order valence-electron chi connectivity index (χ0n) is 11.3. The maximum atomic E-state index is 13.0. The van der Waals surface area contributed by atoms with Gasteiger partial charge in [-0.2, -0.15) is 0 Å². The van der Waals surface area contributed by atoms with Gasteiger partial charge in [0.1, 0.15) is 0 Å². The maximum Gasteiger partial charge on any atom is 0.358 e. The number of hydrogen-bond acceptors (Lipinski definition) is 4. The van der Waals surface area contributed by atoms with Crippen LogP contribution in [-0.2, 0) is 6.42 Å². The van der Waals surface area contributed by atoms with Gasteiger partial charge in [-0.25, -0.2) is 18.6 Å². The van der Waals surface area contributed by atoms with Crippen molar-refractivity contribution in [3.8, 4) is 5.75 Å². The molecule has 0 unspecified atom stereocenters. The predicted octanol–water partition coefficient (Wildman–Crippen LogP) is 2.20. The second-order valence-electron chi connectivity index (χ2n) is 4.77. The topological polar surface area (TPSA) is 62.7 Å². The number of aromatic nitrogens is 1. The minimum Gasteiger partial charge on any atom is -0.494 e. The molecule has 2 rings (SSSR count). The van der Waals surface area contributed by atoms with Crippen LogP contribution in [0.4, 0.5) is 14.5 Å². The molecule has 1 aromatic heterocycles. The number of aromatic carboxylic acids is 1. The lowest BCUT2D eigenvalue weighted by Gasteiger charge is -2.41. The van der Waals surface area contributed by atoms with Crippen LogP contribution in [0, 0.1) is 0 Å². The van der Waals surface area contributed by atoms with Gasteiger partial charge in [-0.3, -0.25) is 0 Å². The number of carboxylic acids is 1. The van der Waals surface area contributed by atoms with Crippen molar-refractivity contribution in [1.29, 1.82) is 0 Å². The lowest BCUT2D eigenvalue weighted by atomic mass is 10.0. The van der Waals surface area contributed by atoms with Crippen molar-refractivity contribution in [3.05, 3.63) is 17.5 Å². The molecule has 7 heteroatoms. The van der Waals surface area contributed by atoms with Crippen LogP contribution in [0.2, 0.25) is 0 Å². The van der Waals surface area contributed by atoms with E-state index in [0.29, 0.717) is 17.7 Å². The standard InChI is InChI=1S/C13H16F2N2O3/c1-3-4-8-9(17-6-13(14,15)7-17)5-16-10(12(18)19)11(8)20-2/h5H,3-4,6-7H2,1-2H3,(H,18,19). The van der Waals surface area contributed by atoms with Crippen molar-refractivity contribution in [2.75, 3.05) is 25.1 Å². The molecule has 1 aromatic rings. The van der Waals surface area contributed by atoms with Gasteiger partial charge in [-0.15, -0.1) is 0 Å². The van der Waals surface area contributed by atoms with Crippen LogP contribution in [0.3, 0.4) is 0 Å². The molecule has 0 amide bonds. The summed E-state index contributed by atoms with van der Waals surface area (Å²) in [6.45, 7) is 1.18. The summed E-state index contributed by atoms with van der Waals surface area (Å²) in [7, 11) is 1.36. The third-order valence-electron chi connectivity index (χ3n) is 3.21. The van der Waals surface area contributed by atoms with E-state index >= 15 is 0 Å². The third kappa shape index (κ3) is 2.52. The highest BCUT2D eigenvalue weighted by molar-refractivity contribution is 5.90. The van der Waals surface area contributed by atoms with Crippen molar-refractivity contribution in [3.63, 3.8) is 0 Å². The molecule has 0 atom stereocenters. The fourth-order valence-electron chi connectivity index (χ4n) is 2.34. The number of hydrogen-bond donors (Lipinski definition) is 1. The molecular formula is C13H16F2N2O3. The van der Waals surface area contributed by atoms with Crippen molar-refractivity contribution in [2.45, 2.75) is 25.7 Å². The summed E-state index contributed by atoms with van der Waals surface area (Å²) < 4.78 is 31.1. The zero-order chi connectivity index (χ0) is 14.9. The number of anilines is 1. The second kappa shape index (κ2) is 5.22. The van der Waals surface area contributed by atoms with Gasteiger partial charge < -0.3 is 14.7 Å². The highest BCUT2D eigenvalue weighted by Gasteiger charge is 2.45. The normalized spacial score (nSPS) is 16.7. The first-order valence-corrected chi connectivity index (χ1v) is 6.31. The number of alkyl halides is 2. The highest BCUT2D eigenvalue weighted by Crippen LogP contribution is 2.38. The van der Waals surface area contributed by atoms with Crippen LogP contribution >= 0.6 is 0 Å². The molecule has 1 aliphatic heterocycles. The van der Waals surface area contributed by atoms with Crippen LogP contribution < -0.4 is 9.64 Å². The zero-order valence-corrected chi connectivity index (χ0v) is 11.3. The average molecular weight is 286 g/mol. The number of methoxy groups -OCH3 is 1. The molecule has 0 saturated carbocycles. The number of halogens is 2. The highest BCUT2D eigenvalue weighted by atomic mass is 19.3. The first-order chi connectivity index (χ1) is 9.39. The Morgan fingerprint density at radius 2 is 2.20 bits per heavy atom. The lowest BCUT2D eigenvalue weighted by Crippen LogP contribution is -2.56. The van der Waals surface area contributed by atoms with Gasteiger partial charge >= 0.3 is 5.97 Å². The molecule has 0 aromatic carbocycles. The van der Waals surface area contributed by atoms with Crippen molar-refractivity contribution >= 4 is 11.7 Å². The molecule has 1 aliphatic rings. The minimum absolute atomic E-state index is 0.159. The Morgan fingerprint density at radius 3 is 2.65 bits per heavy atom. The van der Waals surface area contributed by atoms with E-state index in [1.807, 2.05) is 6.92 Å². The van der Waals surface area contributed by atoms with Gasteiger partial charge in [0.25, 0.3) is 5.92 Å². The van der Waals surface area contributed by atoms with Gasteiger partial charge in [0.2, 0.25) is 0 Å². The van der Waals surface area contributed by atoms with Crippen molar-refractivity contribution in [1.82, 2.24) is 4.98 Å². The molecule has 20 heavy (non-hydrogen) atoms. The monoisotopic (exact) mass is 286 g/mol. The van der Waals surface area contributed by atoms with Gasteiger partial charge in [-0.05, 0) is 6.42 Å². The first kappa shape index (κ1) is 14.5. The molecule has 0 bridgehead atoms. The summed E-state index contributed by atoms with van der Waals surface area (Å²) >= 11 is 0. The average Bonchev–Trinajstić information content (AvgIpc) is 2.35. The Balaban J connectivity index is 2.44.